The van der Waals surface area contributed by atoms with Gasteiger partial charge in [-0.1, -0.05) is 12.1 Å². The molecule has 25 heavy (non-hydrogen) atoms. The molecule has 0 spiro atoms. The highest BCUT2D eigenvalue weighted by atomic mass is 32.1. The Labute approximate surface area is 148 Å². The van der Waals surface area contributed by atoms with E-state index in [1.54, 1.807) is 18.2 Å². The van der Waals surface area contributed by atoms with E-state index in [-0.39, 0.29) is 17.8 Å². The van der Waals surface area contributed by atoms with Gasteiger partial charge in [0.25, 0.3) is 5.91 Å². The van der Waals surface area contributed by atoms with Crippen molar-refractivity contribution in [2.45, 2.75) is 18.9 Å². The minimum Gasteiger partial charge on any atom is -0.351 e. The predicted molar refractivity (Wildman–Crippen MR) is 96.3 cm³/mol. The van der Waals surface area contributed by atoms with Crippen LogP contribution in [0.2, 0.25) is 0 Å². The summed E-state index contributed by atoms with van der Waals surface area (Å²) in [7, 11) is 0. The lowest BCUT2D eigenvalue weighted by molar-refractivity contribution is 0.0932. The van der Waals surface area contributed by atoms with Crippen molar-refractivity contribution in [2.24, 2.45) is 5.73 Å². The van der Waals surface area contributed by atoms with Crippen molar-refractivity contribution in [3.8, 4) is 10.4 Å². The number of benzene rings is 1. The summed E-state index contributed by atoms with van der Waals surface area (Å²) in [5.74, 6) is -0.597. The molecule has 0 aliphatic carbocycles. The second kappa shape index (κ2) is 7.62. The van der Waals surface area contributed by atoms with Gasteiger partial charge in [0.1, 0.15) is 10.8 Å². The minimum absolute atomic E-state index is 0.0526. The number of hydrogen-bond acceptors (Lipinski definition) is 4. The van der Waals surface area contributed by atoms with Gasteiger partial charge >= 0.3 is 6.03 Å². The maximum atomic E-state index is 13.1. The lowest BCUT2D eigenvalue weighted by Crippen LogP contribution is -2.45. The molecule has 1 aromatic heterocycles. The predicted octanol–water partition coefficient (Wildman–Crippen LogP) is 2.53. The van der Waals surface area contributed by atoms with Crippen LogP contribution in [-0.2, 0) is 0 Å². The Hall–Kier alpha value is -2.45. The molecule has 0 bridgehead atoms. The lowest BCUT2D eigenvalue weighted by atomic mass is 10.1. The van der Waals surface area contributed by atoms with E-state index in [9.17, 15) is 14.0 Å². The van der Waals surface area contributed by atoms with Crippen LogP contribution in [0, 0.1) is 5.82 Å². The highest BCUT2D eigenvalue weighted by Gasteiger charge is 2.21. The molecule has 0 saturated carbocycles. The van der Waals surface area contributed by atoms with Gasteiger partial charge in [-0.25, -0.2) is 9.18 Å². The minimum atomic E-state index is -0.735. The number of halogens is 1. The number of anilines is 1. The molecule has 1 aromatic carbocycles. The third kappa shape index (κ3) is 4.34. The Kier molecular flexibility index (Phi) is 5.30. The highest BCUT2D eigenvalue weighted by Crippen LogP contribution is 2.35. The Balaban J connectivity index is 1.86. The van der Waals surface area contributed by atoms with Gasteiger partial charge in [-0.2, -0.15) is 0 Å². The molecule has 1 atom stereocenters. The molecule has 132 valence electrons. The van der Waals surface area contributed by atoms with Crippen molar-refractivity contribution in [2.75, 3.05) is 18.4 Å². The Bertz CT molecular complexity index is 769. The van der Waals surface area contributed by atoms with E-state index in [4.69, 9.17) is 5.73 Å². The van der Waals surface area contributed by atoms with Gasteiger partial charge in [-0.3, -0.25) is 10.1 Å². The molecule has 1 aliphatic heterocycles. The van der Waals surface area contributed by atoms with E-state index in [1.807, 2.05) is 0 Å². The van der Waals surface area contributed by atoms with E-state index >= 15 is 0 Å². The highest BCUT2D eigenvalue weighted by molar-refractivity contribution is 7.20. The number of amides is 3. The molecule has 2 aromatic rings. The molecule has 3 amide bonds. The van der Waals surface area contributed by atoms with Crippen molar-refractivity contribution >= 4 is 28.3 Å². The number of nitrogens with one attached hydrogen (secondary N) is 3. The average molecular weight is 362 g/mol. The number of thiophene rings is 1. The van der Waals surface area contributed by atoms with Crippen LogP contribution in [0.15, 0.2) is 30.3 Å². The molecular weight excluding hydrogens is 343 g/mol. The van der Waals surface area contributed by atoms with Gasteiger partial charge in [-0.15, -0.1) is 11.3 Å². The second-order valence-corrected chi connectivity index (χ2v) is 6.92. The zero-order chi connectivity index (χ0) is 17.8. The SMILES string of the molecule is NC(=O)Nc1sc(-c2ccc(F)cc2)cc1C(=O)N[C@H]1CCCNC1. The van der Waals surface area contributed by atoms with Crippen LogP contribution in [-0.4, -0.2) is 31.1 Å². The van der Waals surface area contributed by atoms with Crippen LogP contribution in [0.1, 0.15) is 23.2 Å². The Morgan fingerprint density at radius 2 is 2.04 bits per heavy atom. The molecule has 5 N–H and O–H groups in total. The quantitative estimate of drug-likeness (QED) is 0.673. The Morgan fingerprint density at radius 3 is 2.68 bits per heavy atom. The van der Waals surface area contributed by atoms with Crippen molar-refractivity contribution in [3.63, 3.8) is 0 Å². The van der Waals surface area contributed by atoms with Crippen molar-refractivity contribution < 1.29 is 14.0 Å². The van der Waals surface area contributed by atoms with Gasteiger partial charge in [0.15, 0.2) is 0 Å². The van der Waals surface area contributed by atoms with Crippen LogP contribution >= 0.6 is 11.3 Å². The number of carbonyl (C=O) groups excluding carboxylic acids is 2. The van der Waals surface area contributed by atoms with Crippen LogP contribution < -0.4 is 21.7 Å². The fourth-order valence-corrected chi connectivity index (χ4v) is 3.82. The van der Waals surface area contributed by atoms with E-state index in [2.05, 4.69) is 16.0 Å². The molecule has 2 heterocycles. The fourth-order valence-electron chi connectivity index (χ4n) is 2.76. The number of carbonyl (C=O) groups is 2. The summed E-state index contributed by atoms with van der Waals surface area (Å²) in [6, 6.07) is 6.96. The molecule has 8 heteroatoms. The first kappa shape index (κ1) is 17.4. The molecule has 6 nitrogen and oxygen atoms in total. The summed E-state index contributed by atoms with van der Waals surface area (Å²) >= 11 is 1.23. The summed E-state index contributed by atoms with van der Waals surface area (Å²) in [6.45, 7) is 1.67. The molecule has 1 fully saturated rings. The number of rotatable bonds is 4. The fraction of sp³-hybridized carbons (Fsp3) is 0.294. The largest absolute Gasteiger partial charge is 0.351 e. The normalized spacial score (nSPS) is 17.1. The van der Waals surface area contributed by atoms with Crippen LogP contribution in [0.3, 0.4) is 0 Å². The molecular formula is C17H19FN4O2S. The molecule has 3 rings (SSSR count). The van der Waals surface area contributed by atoms with E-state index < -0.39 is 6.03 Å². The second-order valence-electron chi connectivity index (χ2n) is 5.87. The molecule has 0 unspecified atom stereocenters. The maximum Gasteiger partial charge on any atom is 0.317 e. The lowest BCUT2D eigenvalue weighted by Gasteiger charge is -2.23. The van der Waals surface area contributed by atoms with Crippen molar-refractivity contribution in [1.29, 1.82) is 0 Å². The van der Waals surface area contributed by atoms with E-state index in [0.29, 0.717) is 10.6 Å². The molecule has 1 saturated heterocycles. The van der Waals surface area contributed by atoms with Crippen LogP contribution in [0.4, 0.5) is 14.2 Å². The third-order valence-electron chi connectivity index (χ3n) is 3.97. The molecule has 0 radical (unpaired) electrons. The zero-order valence-corrected chi connectivity index (χ0v) is 14.3. The average Bonchev–Trinajstić information content (AvgIpc) is 2.99. The summed E-state index contributed by atoms with van der Waals surface area (Å²) in [5, 5.41) is 9.10. The maximum absolute atomic E-state index is 13.1. The molecule has 1 aliphatic rings. The van der Waals surface area contributed by atoms with Gasteiger partial charge in [-0.05, 0) is 43.1 Å². The van der Waals surface area contributed by atoms with Crippen molar-refractivity contribution in [3.05, 3.63) is 41.7 Å². The monoisotopic (exact) mass is 362 g/mol. The number of hydrogen-bond donors (Lipinski definition) is 4. The third-order valence-corrected chi connectivity index (χ3v) is 5.07. The van der Waals surface area contributed by atoms with E-state index in [1.165, 1.54) is 23.5 Å². The number of nitrogens with two attached hydrogens (primary N) is 1. The number of primary amides is 1. The van der Waals surface area contributed by atoms with Crippen LogP contribution in [0.25, 0.3) is 10.4 Å². The Morgan fingerprint density at radius 1 is 1.28 bits per heavy atom. The zero-order valence-electron chi connectivity index (χ0n) is 13.5. The first-order valence-corrected chi connectivity index (χ1v) is 8.82. The van der Waals surface area contributed by atoms with E-state index in [0.717, 1.165) is 36.4 Å². The summed E-state index contributed by atoms with van der Waals surface area (Å²) < 4.78 is 13.1. The first-order valence-electron chi connectivity index (χ1n) is 8.01. The van der Waals surface area contributed by atoms with Gasteiger partial charge in [0.2, 0.25) is 0 Å². The summed E-state index contributed by atoms with van der Waals surface area (Å²) in [5.41, 5.74) is 6.33. The van der Waals surface area contributed by atoms with Gasteiger partial charge in [0, 0.05) is 17.5 Å². The summed E-state index contributed by atoms with van der Waals surface area (Å²) in [4.78, 5) is 24.6. The first-order chi connectivity index (χ1) is 12.0. The standard InChI is InChI=1S/C17H19FN4O2S/c18-11-5-3-10(4-6-11)14-8-13(16(25-14)22-17(19)24)15(23)21-12-2-1-7-20-9-12/h3-6,8,12,20H,1-2,7,9H2,(H,21,23)(H3,19,22,24)/t12-/m0/s1. The number of urea groups is 1. The smallest absolute Gasteiger partial charge is 0.317 e. The topological polar surface area (TPSA) is 96.2 Å². The van der Waals surface area contributed by atoms with Gasteiger partial charge in [0.05, 0.1) is 5.56 Å². The van der Waals surface area contributed by atoms with Crippen molar-refractivity contribution in [1.82, 2.24) is 10.6 Å². The van der Waals surface area contributed by atoms with Crippen LogP contribution in [0.5, 0.6) is 0 Å². The summed E-state index contributed by atoms with van der Waals surface area (Å²) in [6.07, 6.45) is 1.91. The number of piperidine rings is 1. The van der Waals surface area contributed by atoms with Gasteiger partial charge < -0.3 is 16.4 Å².